The lowest BCUT2D eigenvalue weighted by molar-refractivity contribution is 0.0943. The largest absolute Gasteiger partial charge is 0.350 e. The van der Waals surface area contributed by atoms with Crippen molar-refractivity contribution in [2.75, 3.05) is 10.8 Å². The summed E-state index contributed by atoms with van der Waals surface area (Å²) in [6.45, 7) is 4.04. The molecule has 0 unspecified atom stereocenters. The van der Waals surface area contributed by atoms with Gasteiger partial charge < -0.3 is 5.32 Å². The molecule has 1 aliphatic heterocycles. The topological polar surface area (TPSA) is 66.5 Å². The summed E-state index contributed by atoms with van der Waals surface area (Å²) in [6, 6.07) is 11.7. The smallest absolute Gasteiger partial charge is 0.265 e. The van der Waals surface area contributed by atoms with Gasteiger partial charge in [-0.05, 0) is 50.1 Å². The van der Waals surface area contributed by atoms with Crippen molar-refractivity contribution in [1.82, 2.24) is 5.32 Å². The van der Waals surface area contributed by atoms with Gasteiger partial charge in [0.25, 0.3) is 15.9 Å². The van der Waals surface area contributed by atoms with Crippen LogP contribution in [-0.4, -0.2) is 26.9 Å². The summed E-state index contributed by atoms with van der Waals surface area (Å²) in [5, 5.41) is 2.85. The van der Waals surface area contributed by atoms with Gasteiger partial charge in [-0.2, -0.15) is 0 Å². The molecule has 1 aliphatic rings. The van der Waals surface area contributed by atoms with Gasteiger partial charge in [0.2, 0.25) is 0 Å². The average Bonchev–Trinajstić information content (AvgIpc) is 2.99. The number of hydrogen-bond acceptors (Lipinski definition) is 3. The first-order valence-corrected chi connectivity index (χ1v) is 9.83. The summed E-state index contributed by atoms with van der Waals surface area (Å²) < 4.78 is 27.6. The normalized spacial score (nSPS) is 13.8. The van der Waals surface area contributed by atoms with Gasteiger partial charge in [-0.15, -0.1) is 0 Å². The predicted molar refractivity (Wildman–Crippen MR) is 98.7 cm³/mol. The van der Waals surface area contributed by atoms with E-state index in [9.17, 15) is 13.2 Å². The van der Waals surface area contributed by atoms with Crippen LogP contribution in [0.1, 0.15) is 29.8 Å². The van der Waals surface area contributed by atoms with E-state index in [-0.39, 0.29) is 27.4 Å². The number of nitrogens with one attached hydrogen (secondary N) is 1. The highest BCUT2D eigenvalue weighted by Gasteiger charge is 2.32. The van der Waals surface area contributed by atoms with Crippen LogP contribution < -0.4 is 9.62 Å². The maximum absolute atomic E-state index is 13.1. The second kappa shape index (κ2) is 6.69. The van der Waals surface area contributed by atoms with Gasteiger partial charge in [-0.25, -0.2) is 8.42 Å². The molecule has 7 heteroatoms. The minimum atomic E-state index is -3.85. The molecular weight excluding hydrogens is 360 g/mol. The van der Waals surface area contributed by atoms with Crippen molar-refractivity contribution >= 4 is 33.2 Å². The lowest BCUT2D eigenvalue weighted by atomic mass is 10.2. The molecule has 0 saturated carbocycles. The Morgan fingerprint density at radius 1 is 1.20 bits per heavy atom. The molecule has 1 heterocycles. The van der Waals surface area contributed by atoms with E-state index in [0.717, 1.165) is 5.56 Å². The fourth-order valence-electron chi connectivity index (χ4n) is 2.86. The number of amides is 1. The van der Waals surface area contributed by atoms with Gasteiger partial charge in [0, 0.05) is 18.2 Å². The van der Waals surface area contributed by atoms with E-state index in [0.29, 0.717) is 18.7 Å². The van der Waals surface area contributed by atoms with Crippen LogP contribution in [-0.2, 0) is 16.4 Å². The first-order chi connectivity index (χ1) is 11.8. The lowest BCUT2D eigenvalue weighted by Gasteiger charge is -2.20. The monoisotopic (exact) mass is 378 g/mol. The van der Waals surface area contributed by atoms with Crippen LogP contribution >= 0.6 is 11.6 Å². The van der Waals surface area contributed by atoms with Crippen molar-refractivity contribution in [3.05, 3.63) is 58.6 Å². The number of rotatable bonds is 4. The number of halogens is 1. The second-order valence-corrected chi connectivity index (χ2v) is 8.47. The Hall–Kier alpha value is -2.05. The molecule has 2 aromatic rings. The Bertz CT molecular complexity index is 926. The van der Waals surface area contributed by atoms with Gasteiger partial charge in [0.15, 0.2) is 0 Å². The summed E-state index contributed by atoms with van der Waals surface area (Å²) in [5.41, 5.74) is 1.91. The molecule has 0 fully saturated rings. The predicted octanol–water partition coefficient (Wildman–Crippen LogP) is 3.23. The molecule has 25 heavy (non-hydrogen) atoms. The van der Waals surface area contributed by atoms with Crippen LogP contribution in [0.2, 0.25) is 5.02 Å². The lowest BCUT2D eigenvalue weighted by Crippen LogP contribution is -2.31. The molecule has 132 valence electrons. The van der Waals surface area contributed by atoms with E-state index in [1.165, 1.54) is 22.5 Å². The molecule has 0 spiro atoms. The molecule has 1 N–H and O–H groups in total. The minimum absolute atomic E-state index is 0.0475. The number of fused-ring (bicyclic) bond motifs is 1. The van der Waals surface area contributed by atoms with Crippen LogP contribution in [0.5, 0.6) is 0 Å². The van der Waals surface area contributed by atoms with Crippen LogP contribution in [0.15, 0.2) is 47.4 Å². The first kappa shape index (κ1) is 17.8. The molecule has 3 rings (SSSR count). The Morgan fingerprint density at radius 3 is 2.64 bits per heavy atom. The third-order valence-corrected chi connectivity index (χ3v) is 6.32. The summed E-state index contributed by atoms with van der Waals surface area (Å²) in [5.74, 6) is -0.329. The number of carbonyl (C=O) groups is 1. The number of sulfonamides is 1. The highest BCUT2D eigenvalue weighted by Crippen LogP contribution is 2.35. The van der Waals surface area contributed by atoms with E-state index in [2.05, 4.69) is 5.32 Å². The van der Waals surface area contributed by atoms with Crippen molar-refractivity contribution in [2.45, 2.75) is 31.2 Å². The molecule has 0 bridgehead atoms. The standard InChI is InChI=1S/C18H19ClN2O3S/c1-12(2)20-18(22)14-7-8-15(19)17(11-14)25(23,24)21-10-9-13-5-3-4-6-16(13)21/h3-8,11-12H,9-10H2,1-2H3,(H,20,22). The highest BCUT2D eigenvalue weighted by atomic mass is 35.5. The van der Waals surface area contributed by atoms with Gasteiger partial charge in [-0.3, -0.25) is 9.10 Å². The highest BCUT2D eigenvalue weighted by molar-refractivity contribution is 7.93. The SMILES string of the molecule is CC(C)NC(=O)c1ccc(Cl)c(S(=O)(=O)N2CCc3ccccc32)c1. The molecule has 0 aliphatic carbocycles. The van der Waals surface area contributed by atoms with E-state index in [1.54, 1.807) is 12.1 Å². The molecule has 0 atom stereocenters. The fraction of sp³-hybridized carbons (Fsp3) is 0.278. The Balaban J connectivity index is 2.02. The molecule has 2 aromatic carbocycles. The minimum Gasteiger partial charge on any atom is -0.350 e. The third kappa shape index (κ3) is 3.37. The number of carbonyl (C=O) groups excluding carboxylic acids is 1. The molecule has 1 amide bonds. The van der Waals surface area contributed by atoms with Crippen molar-refractivity contribution in [1.29, 1.82) is 0 Å². The molecule has 0 radical (unpaired) electrons. The van der Waals surface area contributed by atoms with E-state index in [4.69, 9.17) is 11.6 Å². The number of benzene rings is 2. The van der Waals surface area contributed by atoms with Gasteiger partial charge in [0.05, 0.1) is 10.7 Å². The van der Waals surface area contributed by atoms with E-state index < -0.39 is 10.0 Å². The van der Waals surface area contributed by atoms with Crippen molar-refractivity contribution < 1.29 is 13.2 Å². The van der Waals surface area contributed by atoms with Crippen molar-refractivity contribution in [3.63, 3.8) is 0 Å². The van der Waals surface area contributed by atoms with Gasteiger partial charge in [0.1, 0.15) is 4.90 Å². The second-order valence-electron chi connectivity index (χ2n) is 6.23. The Kier molecular flexibility index (Phi) is 4.75. The van der Waals surface area contributed by atoms with E-state index >= 15 is 0 Å². The summed E-state index contributed by atoms with van der Waals surface area (Å²) >= 11 is 6.16. The number of nitrogens with zero attached hydrogens (tertiary/aromatic N) is 1. The molecule has 5 nitrogen and oxygen atoms in total. The van der Waals surface area contributed by atoms with Gasteiger partial charge >= 0.3 is 0 Å². The van der Waals surface area contributed by atoms with Crippen molar-refractivity contribution in [3.8, 4) is 0 Å². The fourth-order valence-corrected chi connectivity index (χ4v) is 4.87. The zero-order chi connectivity index (χ0) is 18.2. The van der Waals surface area contributed by atoms with Gasteiger partial charge in [-0.1, -0.05) is 29.8 Å². The number of para-hydroxylation sites is 1. The van der Waals surface area contributed by atoms with Crippen LogP contribution in [0.25, 0.3) is 0 Å². The number of anilines is 1. The first-order valence-electron chi connectivity index (χ1n) is 8.02. The van der Waals surface area contributed by atoms with E-state index in [1.807, 2.05) is 26.0 Å². The maximum Gasteiger partial charge on any atom is 0.265 e. The third-order valence-electron chi connectivity index (χ3n) is 4.03. The summed E-state index contributed by atoms with van der Waals surface area (Å²) in [4.78, 5) is 12.1. The summed E-state index contributed by atoms with van der Waals surface area (Å²) in [6.07, 6.45) is 0.653. The number of hydrogen-bond donors (Lipinski definition) is 1. The van der Waals surface area contributed by atoms with Crippen LogP contribution in [0.3, 0.4) is 0 Å². The Morgan fingerprint density at radius 2 is 1.92 bits per heavy atom. The summed E-state index contributed by atoms with van der Waals surface area (Å²) in [7, 11) is -3.85. The van der Waals surface area contributed by atoms with Crippen LogP contribution in [0.4, 0.5) is 5.69 Å². The maximum atomic E-state index is 13.1. The molecular formula is C18H19ClN2O3S. The van der Waals surface area contributed by atoms with Crippen LogP contribution in [0, 0.1) is 0 Å². The average molecular weight is 379 g/mol. The molecule has 0 aromatic heterocycles. The van der Waals surface area contributed by atoms with Crippen molar-refractivity contribution in [2.24, 2.45) is 0 Å². The zero-order valence-electron chi connectivity index (χ0n) is 14.0. The molecule has 0 saturated heterocycles. The zero-order valence-corrected chi connectivity index (χ0v) is 15.6. The quantitative estimate of drug-likeness (QED) is 0.888. The Labute approximate surface area is 152 Å².